The number of rotatable bonds is 5. The molecule has 1 saturated heterocycles. The molecule has 0 unspecified atom stereocenters. The Kier molecular flexibility index (Phi) is 7.12. The van der Waals surface area contributed by atoms with E-state index in [0.29, 0.717) is 29.2 Å². The number of fused-ring (bicyclic) bond motifs is 1. The van der Waals surface area contributed by atoms with Crippen molar-refractivity contribution in [1.29, 1.82) is 5.41 Å². The van der Waals surface area contributed by atoms with Gasteiger partial charge in [0.1, 0.15) is 24.0 Å². The second-order valence-corrected chi connectivity index (χ2v) is 10.1. The fourth-order valence-corrected chi connectivity index (χ4v) is 4.71. The van der Waals surface area contributed by atoms with Gasteiger partial charge in [0.2, 0.25) is 5.91 Å². The molecule has 11 nitrogen and oxygen atoms in total. The van der Waals surface area contributed by atoms with Crippen LogP contribution in [0, 0.1) is 5.41 Å². The van der Waals surface area contributed by atoms with Crippen LogP contribution in [0.2, 0.25) is 0 Å². The highest BCUT2D eigenvalue weighted by molar-refractivity contribution is 6.12. The molecule has 4 heterocycles. The van der Waals surface area contributed by atoms with Crippen LogP contribution in [0.3, 0.4) is 0 Å². The highest BCUT2D eigenvalue weighted by Crippen LogP contribution is 2.46. The zero-order valence-electron chi connectivity index (χ0n) is 21.8. The number of hydrogen-bond acceptors (Lipinski definition) is 9. The van der Waals surface area contributed by atoms with Gasteiger partial charge in [0, 0.05) is 20.1 Å². The third-order valence-corrected chi connectivity index (χ3v) is 6.37. The summed E-state index contributed by atoms with van der Waals surface area (Å²) in [5.41, 5.74) is 6.08. The normalized spacial score (nSPS) is 20.9. The Morgan fingerprint density at radius 3 is 2.50 bits per heavy atom. The van der Waals surface area contributed by atoms with Crippen molar-refractivity contribution >= 4 is 35.1 Å². The average Bonchev–Trinajstić information content (AvgIpc) is 3.01. The summed E-state index contributed by atoms with van der Waals surface area (Å²) in [6, 6.07) is 2.89. The molecule has 1 fully saturated rings. The van der Waals surface area contributed by atoms with Gasteiger partial charge >= 0.3 is 6.18 Å². The monoisotopic (exact) mass is 536 g/mol. The molecule has 1 amide bonds. The molecule has 0 radical (unpaired) electrons. The predicted octanol–water partition coefficient (Wildman–Crippen LogP) is 2.97. The number of ether oxygens (including phenoxy) is 2. The molecule has 2 aliphatic heterocycles. The summed E-state index contributed by atoms with van der Waals surface area (Å²) in [6.45, 7) is 7.05. The van der Waals surface area contributed by atoms with E-state index in [0.717, 1.165) is 12.9 Å². The molecule has 14 heteroatoms. The number of nitrogens with two attached hydrogens (primary N) is 1. The number of nitrogens with one attached hydrogen (secondary N) is 1. The Hall–Kier alpha value is -3.68. The van der Waals surface area contributed by atoms with Crippen molar-refractivity contribution < 1.29 is 27.4 Å². The molecule has 4 rings (SSSR count). The lowest BCUT2D eigenvalue weighted by molar-refractivity contribution is -0.137. The largest absolute Gasteiger partial charge is 0.457 e. The first-order valence-corrected chi connectivity index (χ1v) is 12.0. The van der Waals surface area contributed by atoms with Crippen molar-refractivity contribution in [2.24, 2.45) is 0 Å². The van der Waals surface area contributed by atoms with Crippen LogP contribution >= 0.6 is 0 Å². The van der Waals surface area contributed by atoms with Crippen LogP contribution in [0.15, 0.2) is 18.3 Å². The maximum atomic E-state index is 13.5. The fourth-order valence-electron chi connectivity index (χ4n) is 4.71. The lowest BCUT2D eigenvalue weighted by Gasteiger charge is -2.36. The van der Waals surface area contributed by atoms with E-state index in [4.69, 9.17) is 20.6 Å². The summed E-state index contributed by atoms with van der Waals surface area (Å²) in [5.74, 6) is 0.768. The highest BCUT2D eigenvalue weighted by Gasteiger charge is 2.48. The number of halogens is 3. The molecule has 0 aliphatic carbocycles. The van der Waals surface area contributed by atoms with Gasteiger partial charge in [-0.05, 0) is 39.8 Å². The minimum atomic E-state index is -4.49. The number of pyridine rings is 1. The molecular weight excluding hydrogens is 505 g/mol. The van der Waals surface area contributed by atoms with Crippen LogP contribution < -0.4 is 15.5 Å². The molecule has 0 spiro atoms. The Morgan fingerprint density at radius 1 is 1.26 bits per heavy atom. The molecule has 2 aliphatic rings. The van der Waals surface area contributed by atoms with E-state index in [2.05, 4.69) is 19.9 Å². The first-order chi connectivity index (χ1) is 17.7. The summed E-state index contributed by atoms with van der Waals surface area (Å²) in [5, 5.41) is 7.76. The van der Waals surface area contributed by atoms with Gasteiger partial charge in [-0.15, -0.1) is 0 Å². The van der Waals surface area contributed by atoms with E-state index in [9.17, 15) is 18.0 Å². The number of carbonyl (C=O) groups is 1. The summed E-state index contributed by atoms with van der Waals surface area (Å²) in [6.07, 6.45) is -2.79. The SMILES string of the molecule is C[C@@H]1CN(c2ccc(N3C(=O)C(C)(C)c4c(N)nc(COC(=N)N(C)CC(F)(F)F)nc43)cn2)C[C@H](C)O1. The Morgan fingerprint density at radius 2 is 1.92 bits per heavy atom. The molecule has 0 aromatic carbocycles. The van der Waals surface area contributed by atoms with Crippen molar-refractivity contribution in [2.75, 3.05) is 42.2 Å². The van der Waals surface area contributed by atoms with Crippen LogP contribution in [0.5, 0.6) is 0 Å². The van der Waals surface area contributed by atoms with E-state index >= 15 is 0 Å². The first kappa shape index (κ1) is 27.4. The van der Waals surface area contributed by atoms with Crippen molar-refractivity contribution in [3.05, 3.63) is 29.7 Å². The zero-order chi connectivity index (χ0) is 28.0. The standard InChI is InChI=1S/C24H31F3N8O3/c1-13-9-34(10-14(2)38-13)17-7-6-15(8-30-17)35-20-18(23(3,4)21(35)36)19(28)31-16(32-20)11-37-22(29)33(5)12-24(25,26)27/h6-8,13-14,29H,9-12H2,1-5H3,(H2,28,31,32)/t13-,14+. The van der Waals surface area contributed by atoms with Gasteiger partial charge in [-0.2, -0.15) is 13.2 Å². The van der Waals surface area contributed by atoms with Gasteiger partial charge < -0.3 is 25.0 Å². The number of amidine groups is 1. The number of amides is 1. The molecular formula is C24H31F3N8O3. The van der Waals surface area contributed by atoms with Crippen molar-refractivity contribution in [3.8, 4) is 0 Å². The third-order valence-electron chi connectivity index (χ3n) is 6.37. The minimum absolute atomic E-state index is 0.0165. The second kappa shape index (κ2) is 9.89. The highest BCUT2D eigenvalue weighted by atomic mass is 19.4. The van der Waals surface area contributed by atoms with Crippen molar-refractivity contribution in [1.82, 2.24) is 19.9 Å². The van der Waals surface area contributed by atoms with E-state index in [-0.39, 0.29) is 35.6 Å². The molecule has 2 aromatic heterocycles. The number of anilines is 4. The minimum Gasteiger partial charge on any atom is -0.457 e. The molecule has 3 N–H and O–H groups in total. The molecule has 0 bridgehead atoms. The molecule has 0 saturated carbocycles. The summed E-state index contributed by atoms with van der Waals surface area (Å²) < 4.78 is 48.8. The number of hydrogen-bond donors (Lipinski definition) is 2. The van der Waals surface area contributed by atoms with Crippen LogP contribution in [0.4, 0.5) is 36.3 Å². The Bertz CT molecular complexity index is 1210. The van der Waals surface area contributed by atoms with Crippen molar-refractivity contribution in [2.45, 2.75) is 58.1 Å². The van der Waals surface area contributed by atoms with Gasteiger partial charge in [-0.3, -0.25) is 15.1 Å². The summed E-state index contributed by atoms with van der Waals surface area (Å²) in [7, 11) is 1.09. The lowest BCUT2D eigenvalue weighted by Crippen LogP contribution is -2.45. The maximum Gasteiger partial charge on any atom is 0.406 e. The van der Waals surface area contributed by atoms with E-state index in [1.54, 1.807) is 26.1 Å². The number of morpholine rings is 1. The van der Waals surface area contributed by atoms with Gasteiger partial charge in [0.05, 0.1) is 35.1 Å². The average molecular weight is 537 g/mol. The third kappa shape index (κ3) is 5.44. The van der Waals surface area contributed by atoms with Crippen LogP contribution in [0.1, 0.15) is 39.1 Å². The second-order valence-electron chi connectivity index (χ2n) is 10.1. The molecule has 38 heavy (non-hydrogen) atoms. The molecule has 206 valence electrons. The number of nitrogens with zero attached hydrogens (tertiary/aromatic N) is 6. The predicted molar refractivity (Wildman–Crippen MR) is 134 cm³/mol. The topological polar surface area (TPSA) is 134 Å². The molecule has 2 aromatic rings. The van der Waals surface area contributed by atoms with E-state index < -0.39 is 30.8 Å². The lowest BCUT2D eigenvalue weighted by atomic mass is 9.87. The number of carbonyl (C=O) groups excluding carboxylic acids is 1. The number of nitrogen functional groups attached to an aromatic ring is 1. The quantitative estimate of drug-likeness (QED) is 0.437. The van der Waals surface area contributed by atoms with Crippen molar-refractivity contribution in [3.63, 3.8) is 0 Å². The van der Waals surface area contributed by atoms with Crippen LogP contribution in [-0.4, -0.2) is 76.8 Å². The number of aromatic nitrogens is 3. The van der Waals surface area contributed by atoms with Gasteiger partial charge in [0.15, 0.2) is 12.4 Å². The zero-order valence-corrected chi connectivity index (χ0v) is 21.8. The Balaban J connectivity index is 1.59. The van der Waals surface area contributed by atoms with Crippen LogP contribution in [0.25, 0.3) is 0 Å². The summed E-state index contributed by atoms with van der Waals surface area (Å²) in [4.78, 5) is 30.8. The summed E-state index contributed by atoms with van der Waals surface area (Å²) >= 11 is 0. The first-order valence-electron chi connectivity index (χ1n) is 12.0. The number of alkyl halides is 3. The smallest absolute Gasteiger partial charge is 0.406 e. The fraction of sp³-hybridized carbons (Fsp3) is 0.542. The van der Waals surface area contributed by atoms with E-state index in [1.165, 1.54) is 4.90 Å². The molecule has 2 atom stereocenters. The van der Waals surface area contributed by atoms with Gasteiger partial charge in [-0.1, -0.05) is 0 Å². The van der Waals surface area contributed by atoms with Crippen LogP contribution in [-0.2, 0) is 26.3 Å². The van der Waals surface area contributed by atoms with E-state index in [1.807, 2.05) is 19.9 Å². The van der Waals surface area contributed by atoms with Gasteiger partial charge in [0.25, 0.3) is 6.02 Å². The van der Waals surface area contributed by atoms with Gasteiger partial charge in [-0.25, -0.2) is 15.0 Å². The maximum absolute atomic E-state index is 13.5. The Labute approximate surface area is 218 Å².